The predicted octanol–water partition coefficient (Wildman–Crippen LogP) is 4.23. The minimum Gasteiger partial charge on any atom is -0.482 e. The van der Waals surface area contributed by atoms with E-state index in [1.807, 2.05) is 24.3 Å². The van der Waals surface area contributed by atoms with Crippen molar-refractivity contribution in [2.45, 2.75) is 12.8 Å². The number of nitrogens with one attached hydrogen (secondary N) is 1. The van der Waals surface area contributed by atoms with Gasteiger partial charge in [-0.15, -0.1) is 0 Å². The number of hydrogen-bond donors (Lipinski definition) is 1. The highest BCUT2D eigenvalue weighted by molar-refractivity contribution is 9.10. The third-order valence-electron chi connectivity index (χ3n) is 3.06. The van der Waals surface area contributed by atoms with Crippen LogP contribution >= 0.6 is 27.5 Å². The molecule has 0 saturated carbocycles. The molecule has 2 aromatic carbocycles. The quantitative estimate of drug-likeness (QED) is 0.728. The Morgan fingerprint density at radius 2 is 1.95 bits per heavy atom. The van der Waals surface area contributed by atoms with Crippen LogP contribution in [-0.4, -0.2) is 19.1 Å². The summed E-state index contributed by atoms with van der Waals surface area (Å²) < 4.78 is 6.27. The molecule has 2 aromatic rings. The summed E-state index contributed by atoms with van der Waals surface area (Å²) in [5.74, 6) is 0.358. The standard InChI is InChI=1S/C17H17BrClNO2/c18-14-8-9-16(15(19)11-14)22-12-17(21)20-10-4-7-13-5-2-1-3-6-13/h1-3,5-6,8-9,11H,4,7,10,12H2,(H,20,21). The van der Waals surface area contributed by atoms with Gasteiger partial charge in [-0.1, -0.05) is 57.9 Å². The Labute approximate surface area is 143 Å². The first kappa shape index (κ1) is 16.8. The van der Waals surface area contributed by atoms with Crippen LogP contribution in [0.5, 0.6) is 5.75 Å². The molecular formula is C17H17BrClNO2. The second kappa shape index (κ2) is 8.81. The summed E-state index contributed by atoms with van der Waals surface area (Å²) in [5.41, 5.74) is 1.27. The van der Waals surface area contributed by atoms with Crippen molar-refractivity contribution in [1.82, 2.24) is 5.32 Å². The molecule has 5 heteroatoms. The molecule has 0 aliphatic rings. The molecule has 3 nitrogen and oxygen atoms in total. The highest BCUT2D eigenvalue weighted by Gasteiger charge is 2.06. The molecule has 1 N–H and O–H groups in total. The number of hydrogen-bond acceptors (Lipinski definition) is 2. The number of carbonyl (C=O) groups excluding carboxylic acids is 1. The highest BCUT2D eigenvalue weighted by atomic mass is 79.9. The maximum atomic E-state index is 11.7. The predicted molar refractivity (Wildman–Crippen MR) is 92.4 cm³/mol. The number of halogens is 2. The average molecular weight is 383 g/mol. The van der Waals surface area contributed by atoms with Gasteiger partial charge in [-0.05, 0) is 36.6 Å². The molecule has 22 heavy (non-hydrogen) atoms. The van der Waals surface area contributed by atoms with Gasteiger partial charge in [0.05, 0.1) is 5.02 Å². The van der Waals surface area contributed by atoms with E-state index < -0.39 is 0 Å². The van der Waals surface area contributed by atoms with Gasteiger partial charge in [-0.2, -0.15) is 0 Å². The summed E-state index contributed by atoms with van der Waals surface area (Å²) in [4.78, 5) is 11.7. The van der Waals surface area contributed by atoms with Crippen LogP contribution in [0.2, 0.25) is 5.02 Å². The van der Waals surface area contributed by atoms with E-state index in [9.17, 15) is 4.79 Å². The van der Waals surface area contributed by atoms with Crippen molar-refractivity contribution in [3.63, 3.8) is 0 Å². The van der Waals surface area contributed by atoms with Crippen molar-refractivity contribution in [2.24, 2.45) is 0 Å². The Balaban J connectivity index is 1.65. The Bertz CT molecular complexity index is 619. The van der Waals surface area contributed by atoms with Crippen molar-refractivity contribution >= 4 is 33.4 Å². The van der Waals surface area contributed by atoms with Gasteiger partial charge in [0.25, 0.3) is 5.91 Å². The smallest absolute Gasteiger partial charge is 0.257 e. The largest absolute Gasteiger partial charge is 0.482 e. The van der Waals surface area contributed by atoms with Crippen LogP contribution in [0, 0.1) is 0 Å². The number of amides is 1. The van der Waals surface area contributed by atoms with E-state index in [0.717, 1.165) is 17.3 Å². The number of rotatable bonds is 7. The monoisotopic (exact) mass is 381 g/mol. The first-order chi connectivity index (χ1) is 10.6. The summed E-state index contributed by atoms with van der Waals surface area (Å²) in [5, 5.41) is 3.32. The first-order valence-corrected chi connectivity index (χ1v) is 8.21. The van der Waals surface area contributed by atoms with E-state index in [1.165, 1.54) is 5.56 Å². The molecule has 1 amide bonds. The molecule has 116 valence electrons. The van der Waals surface area contributed by atoms with Gasteiger partial charge in [0.15, 0.2) is 6.61 Å². The lowest BCUT2D eigenvalue weighted by Crippen LogP contribution is -2.29. The van der Waals surface area contributed by atoms with Crippen LogP contribution in [0.3, 0.4) is 0 Å². The Kier molecular flexibility index (Phi) is 6.74. The van der Waals surface area contributed by atoms with Crippen LogP contribution in [-0.2, 0) is 11.2 Å². The van der Waals surface area contributed by atoms with E-state index in [0.29, 0.717) is 17.3 Å². The van der Waals surface area contributed by atoms with Crippen LogP contribution in [0.4, 0.5) is 0 Å². The molecular weight excluding hydrogens is 366 g/mol. The zero-order chi connectivity index (χ0) is 15.8. The van der Waals surface area contributed by atoms with Gasteiger partial charge in [0.2, 0.25) is 0 Å². The molecule has 0 aromatic heterocycles. The van der Waals surface area contributed by atoms with Crippen LogP contribution in [0.1, 0.15) is 12.0 Å². The topological polar surface area (TPSA) is 38.3 Å². The number of carbonyl (C=O) groups is 1. The number of benzene rings is 2. The molecule has 0 aliphatic carbocycles. The third-order valence-corrected chi connectivity index (χ3v) is 3.85. The summed E-state index contributed by atoms with van der Waals surface area (Å²) in [6.45, 7) is 0.595. The van der Waals surface area contributed by atoms with Crippen molar-refractivity contribution in [1.29, 1.82) is 0 Å². The fourth-order valence-corrected chi connectivity index (χ4v) is 2.68. The van der Waals surface area contributed by atoms with Crippen molar-refractivity contribution < 1.29 is 9.53 Å². The Hall–Kier alpha value is -1.52. The first-order valence-electron chi connectivity index (χ1n) is 7.03. The SMILES string of the molecule is O=C(COc1ccc(Br)cc1Cl)NCCCc1ccccc1. The minimum atomic E-state index is -0.146. The fourth-order valence-electron chi connectivity index (χ4n) is 1.95. The molecule has 0 aliphatic heterocycles. The molecule has 0 unspecified atom stereocenters. The molecule has 0 bridgehead atoms. The maximum absolute atomic E-state index is 11.7. The van der Waals surface area contributed by atoms with Gasteiger partial charge < -0.3 is 10.1 Å². The van der Waals surface area contributed by atoms with Gasteiger partial charge in [0, 0.05) is 11.0 Å². The van der Waals surface area contributed by atoms with E-state index in [1.54, 1.807) is 12.1 Å². The average Bonchev–Trinajstić information content (AvgIpc) is 2.52. The summed E-state index contributed by atoms with van der Waals surface area (Å²) in [6, 6.07) is 15.5. The molecule has 2 rings (SSSR count). The molecule has 0 saturated heterocycles. The molecule has 0 spiro atoms. The second-order valence-corrected chi connectivity index (χ2v) is 6.13. The lowest BCUT2D eigenvalue weighted by atomic mass is 10.1. The number of aryl methyl sites for hydroxylation is 1. The maximum Gasteiger partial charge on any atom is 0.257 e. The van der Waals surface area contributed by atoms with Gasteiger partial charge >= 0.3 is 0 Å². The van der Waals surface area contributed by atoms with Crippen LogP contribution in [0.15, 0.2) is 53.0 Å². The van der Waals surface area contributed by atoms with Gasteiger partial charge in [-0.25, -0.2) is 0 Å². The lowest BCUT2D eigenvalue weighted by Gasteiger charge is -2.09. The Morgan fingerprint density at radius 1 is 1.18 bits per heavy atom. The second-order valence-electron chi connectivity index (χ2n) is 4.80. The normalized spacial score (nSPS) is 10.3. The third kappa shape index (κ3) is 5.70. The number of ether oxygens (including phenoxy) is 1. The van der Waals surface area contributed by atoms with Gasteiger partial charge in [0.1, 0.15) is 5.75 Å². The van der Waals surface area contributed by atoms with Crippen molar-refractivity contribution in [3.8, 4) is 5.75 Å². The van der Waals surface area contributed by atoms with Crippen LogP contribution in [0.25, 0.3) is 0 Å². The molecule has 0 fully saturated rings. The van der Waals surface area contributed by atoms with E-state index in [2.05, 4.69) is 33.4 Å². The Morgan fingerprint density at radius 3 is 2.68 bits per heavy atom. The highest BCUT2D eigenvalue weighted by Crippen LogP contribution is 2.27. The zero-order valence-electron chi connectivity index (χ0n) is 12.0. The van der Waals surface area contributed by atoms with Crippen LogP contribution < -0.4 is 10.1 Å². The van der Waals surface area contributed by atoms with Crippen molar-refractivity contribution in [3.05, 3.63) is 63.6 Å². The van der Waals surface area contributed by atoms with E-state index in [-0.39, 0.29) is 12.5 Å². The molecule has 0 heterocycles. The zero-order valence-corrected chi connectivity index (χ0v) is 14.4. The summed E-state index contributed by atoms with van der Waals surface area (Å²) >= 11 is 9.34. The van der Waals surface area contributed by atoms with E-state index in [4.69, 9.17) is 16.3 Å². The fraction of sp³-hybridized carbons (Fsp3) is 0.235. The molecule has 0 radical (unpaired) electrons. The van der Waals surface area contributed by atoms with Gasteiger partial charge in [-0.3, -0.25) is 4.79 Å². The summed E-state index contributed by atoms with van der Waals surface area (Å²) in [6.07, 6.45) is 1.84. The molecule has 0 atom stereocenters. The minimum absolute atomic E-state index is 0.0350. The lowest BCUT2D eigenvalue weighted by molar-refractivity contribution is -0.123. The van der Waals surface area contributed by atoms with E-state index >= 15 is 0 Å². The summed E-state index contributed by atoms with van der Waals surface area (Å²) in [7, 11) is 0. The van der Waals surface area contributed by atoms with Crippen molar-refractivity contribution in [2.75, 3.05) is 13.2 Å².